The molecule has 2 aromatic rings. The van der Waals surface area contributed by atoms with E-state index in [0.29, 0.717) is 6.42 Å². The molecule has 1 aliphatic rings. The molecule has 3 rings (SSSR count). The van der Waals surface area contributed by atoms with Crippen molar-refractivity contribution in [1.29, 1.82) is 0 Å². The van der Waals surface area contributed by atoms with Crippen molar-refractivity contribution >= 4 is 11.9 Å². The smallest absolute Gasteiger partial charge is 0.319 e. The van der Waals surface area contributed by atoms with Crippen LogP contribution >= 0.6 is 0 Å². The van der Waals surface area contributed by atoms with Crippen LogP contribution < -0.4 is 10.6 Å². The fraction of sp³-hybridized carbons (Fsp3) is 0.333. The monoisotopic (exact) mass is 351 g/mol. The molecule has 0 radical (unpaired) electrons. The van der Waals surface area contributed by atoms with Gasteiger partial charge in [0.2, 0.25) is 0 Å². The SMILES string of the molecule is CCCNC(C)N1C(=O)NC(Cc2ccccc2)(c2ccccc2)C1=O. The van der Waals surface area contributed by atoms with Gasteiger partial charge in [-0.2, -0.15) is 0 Å². The highest BCUT2D eigenvalue weighted by Crippen LogP contribution is 2.33. The van der Waals surface area contributed by atoms with Crippen LogP contribution in [-0.2, 0) is 16.8 Å². The van der Waals surface area contributed by atoms with Crippen molar-refractivity contribution in [3.05, 3.63) is 71.8 Å². The summed E-state index contributed by atoms with van der Waals surface area (Å²) in [6.07, 6.45) is 0.991. The Morgan fingerprint density at radius 3 is 2.27 bits per heavy atom. The van der Waals surface area contributed by atoms with E-state index in [1.165, 1.54) is 4.90 Å². The number of amides is 3. The number of hydrogen-bond donors (Lipinski definition) is 2. The van der Waals surface area contributed by atoms with Crippen LogP contribution in [0, 0.1) is 0 Å². The molecule has 1 heterocycles. The number of benzene rings is 2. The number of nitrogens with one attached hydrogen (secondary N) is 2. The molecule has 1 fully saturated rings. The maximum atomic E-state index is 13.4. The standard InChI is InChI=1S/C21H25N3O2/c1-3-14-22-16(2)24-19(25)21(23-20(24)26,18-12-8-5-9-13-18)15-17-10-6-4-7-11-17/h4-13,16,22H,3,14-15H2,1-2H3,(H,23,26). The van der Waals surface area contributed by atoms with Crippen LogP contribution in [0.25, 0.3) is 0 Å². The van der Waals surface area contributed by atoms with Crippen molar-refractivity contribution in [2.75, 3.05) is 6.54 Å². The Balaban J connectivity index is 1.99. The quantitative estimate of drug-likeness (QED) is 0.754. The minimum Gasteiger partial charge on any atom is -0.319 e. The van der Waals surface area contributed by atoms with E-state index in [0.717, 1.165) is 24.1 Å². The summed E-state index contributed by atoms with van der Waals surface area (Å²) in [5.41, 5.74) is 0.718. The Hall–Kier alpha value is -2.66. The second-order valence-electron chi connectivity index (χ2n) is 6.67. The van der Waals surface area contributed by atoms with Crippen molar-refractivity contribution in [3.8, 4) is 0 Å². The molecule has 26 heavy (non-hydrogen) atoms. The largest absolute Gasteiger partial charge is 0.326 e. The Bertz CT molecular complexity index is 763. The maximum Gasteiger partial charge on any atom is 0.326 e. The molecular formula is C21H25N3O2. The number of imide groups is 1. The molecule has 0 aliphatic carbocycles. The van der Waals surface area contributed by atoms with Crippen LogP contribution in [0.2, 0.25) is 0 Å². The minimum atomic E-state index is -1.08. The molecule has 0 bridgehead atoms. The van der Waals surface area contributed by atoms with Gasteiger partial charge in [-0.3, -0.25) is 10.1 Å². The first-order valence-electron chi connectivity index (χ1n) is 9.07. The van der Waals surface area contributed by atoms with Crippen LogP contribution in [0.1, 0.15) is 31.4 Å². The molecule has 0 spiro atoms. The Kier molecular flexibility index (Phi) is 5.38. The fourth-order valence-electron chi connectivity index (χ4n) is 3.43. The summed E-state index contributed by atoms with van der Waals surface area (Å²) in [6.45, 7) is 4.64. The van der Waals surface area contributed by atoms with Crippen molar-refractivity contribution < 1.29 is 9.59 Å². The molecule has 2 aromatic carbocycles. The normalized spacial score (nSPS) is 20.9. The van der Waals surface area contributed by atoms with E-state index >= 15 is 0 Å². The van der Waals surface area contributed by atoms with Gasteiger partial charge in [-0.25, -0.2) is 9.69 Å². The lowest BCUT2D eigenvalue weighted by atomic mass is 9.83. The summed E-state index contributed by atoms with van der Waals surface area (Å²) in [5.74, 6) is -0.214. The van der Waals surface area contributed by atoms with E-state index in [-0.39, 0.29) is 18.1 Å². The van der Waals surface area contributed by atoms with Gasteiger partial charge in [-0.05, 0) is 31.0 Å². The van der Waals surface area contributed by atoms with E-state index in [2.05, 4.69) is 17.6 Å². The zero-order valence-electron chi connectivity index (χ0n) is 15.2. The van der Waals surface area contributed by atoms with Gasteiger partial charge in [-0.1, -0.05) is 67.6 Å². The number of urea groups is 1. The van der Waals surface area contributed by atoms with Gasteiger partial charge in [0.1, 0.15) is 0 Å². The average molecular weight is 351 g/mol. The molecule has 3 amide bonds. The van der Waals surface area contributed by atoms with Gasteiger partial charge in [0.15, 0.2) is 5.54 Å². The Morgan fingerprint density at radius 1 is 1.04 bits per heavy atom. The molecule has 0 saturated carbocycles. The fourth-order valence-corrected chi connectivity index (χ4v) is 3.43. The second-order valence-corrected chi connectivity index (χ2v) is 6.67. The summed E-state index contributed by atoms with van der Waals surface area (Å²) in [5, 5.41) is 6.22. The molecule has 2 unspecified atom stereocenters. The lowest BCUT2D eigenvalue weighted by Crippen LogP contribution is -2.50. The lowest BCUT2D eigenvalue weighted by molar-refractivity contribution is -0.133. The predicted octanol–water partition coefficient (Wildman–Crippen LogP) is 3.02. The summed E-state index contributed by atoms with van der Waals surface area (Å²) >= 11 is 0. The number of carbonyl (C=O) groups is 2. The summed E-state index contributed by atoms with van der Waals surface area (Å²) < 4.78 is 0. The molecule has 1 saturated heterocycles. The average Bonchev–Trinajstić information content (AvgIpc) is 2.92. The third kappa shape index (κ3) is 3.35. The van der Waals surface area contributed by atoms with Gasteiger partial charge in [0.25, 0.3) is 5.91 Å². The topological polar surface area (TPSA) is 61.4 Å². The van der Waals surface area contributed by atoms with Crippen molar-refractivity contribution in [2.45, 2.75) is 38.4 Å². The second kappa shape index (κ2) is 7.70. The molecule has 136 valence electrons. The molecule has 1 aliphatic heterocycles. The number of hydrogen-bond acceptors (Lipinski definition) is 3. The molecule has 5 heteroatoms. The molecule has 0 aromatic heterocycles. The zero-order valence-corrected chi connectivity index (χ0v) is 15.2. The first kappa shape index (κ1) is 18.1. The van der Waals surface area contributed by atoms with Crippen molar-refractivity contribution in [2.24, 2.45) is 0 Å². The van der Waals surface area contributed by atoms with Gasteiger partial charge >= 0.3 is 6.03 Å². The molecule has 5 nitrogen and oxygen atoms in total. The Morgan fingerprint density at radius 2 is 1.65 bits per heavy atom. The van der Waals surface area contributed by atoms with Gasteiger partial charge < -0.3 is 5.32 Å². The van der Waals surface area contributed by atoms with Gasteiger partial charge in [0, 0.05) is 6.42 Å². The first-order valence-corrected chi connectivity index (χ1v) is 9.07. The summed E-state index contributed by atoms with van der Waals surface area (Å²) in [4.78, 5) is 27.5. The van der Waals surface area contributed by atoms with E-state index in [1.54, 1.807) is 0 Å². The molecule has 2 atom stereocenters. The molecule has 2 N–H and O–H groups in total. The summed E-state index contributed by atoms with van der Waals surface area (Å²) in [7, 11) is 0. The van der Waals surface area contributed by atoms with Crippen LogP contribution in [-0.4, -0.2) is 29.5 Å². The third-order valence-corrected chi connectivity index (χ3v) is 4.78. The van der Waals surface area contributed by atoms with Crippen molar-refractivity contribution in [3.63, 3.8) is 0 Å². The van der Waals surface area contributed by atoms with Gasteiger partial charge in [-0.15, -0.1) is 0 Å². The predicted molar refractivity (Wildman–Crippen MR) is 101 cm³/mol. The molecular weight excluding hydrogens is 326 g/mol. The number of nitrogens with zero attached hydrogens (tertiary/aromatic N) is 1. The summed E-state index contributed by atoms with van der Waals surface area (Å²) in [6, 6.07) is 18.9. The third-order valence-electron chi connectivity index (χ3n) is 4.78. The highest BCUT2D eigenvalue weighted by atomic mass is 16.2. The van der Waals surface area contributed by atoms with E-state index < -0.39 is 5.54 Å². The minimum absolute atomic E-state index is 0.214. The zero-order chi connectivity index (χ0) is 18.6. The van der Waals surface area contributed by atoms with E-state index in [9.17, 15) is 9.59 Å². The van der Waals surface area contributed by atoms with Crippen LogP contribution in [0.4, 0.5) is 4.79 Å². The van der Waals surface area contributed by atoms with Crippen LogP contribution in [0.5, 0.6) is 0 Å². The number of carbonyl (C=O) groups excluding carboxylic acids is 2. The highest BCUT2D eigenvalue weighted by molar-refractivity contribution is 6.07. The van der Waals surface area contributed by atoms with Gasteiger partial charge in [0.05, 0.1) is 6.17 Å². The van der Waals surface area contributed by atoms with Crippen LogP contribution in [0.15, 0.2) is 60.7 Å². The lowest BCUT2D eigenvalue weighted by Gasteiger charge is -2.29. The number of rotatable bonds is 7. The Labute approximate surface area is 154 Å². The van der Waals surface area contributed by atoms with E-state index in [4.69, 9.17) is 0 Å². The maximum absolute atomic E-state index is 13.4. The van der Waals surface area contributed by atoms with E-state index in [1.807, 2.05) is 67.6 Å². The van der Waals surface area contributed by atoms with Crippen LogP contribution in [0.3, 0.4) is 0 Å². The van der Waals surface area contributed by atoms with Crippen molar-refractivity contribution in [1.82, 2.24) is 15.5 Å². The first-order chi connectivity index (χ1) is 12.6. The highest BCUT2D eigenvalue weighted by Gasteiger charge is 2.53.